The number of carbonyl (C=O) groups excluding carboxylic acids is 1. The molecule has 1 amide bonds. The van der Waals surface area contributed by atoms with Gasteiger partial charge in [0, 0.05) is 17.9 Å². The first-order valence-corrected chi connectivity index (χ1v) is 11.5. The molecule has 0 radical (unpaired) electrons. The van der Waals surface area contributed by atoms with Crippen LogP contribution in [0.3, 0.4) is 0 Å². The summed E-state index contributed by atoms with van der Waals surface area (Å²) in [6, 6.07) is 8.34. The van der Waals surface area contributed by atoms with Crippen LogP contribution in [0.25, 0.3) is 0 Å². The maximum atomic E-state index is 13.1. The molecule has 4 rings (SSSR count). The number of nitrogens with zero attached hydrogens (tertiary/aromatic N) is 2. The predicted octanol–water partition coefficient (Wildman–Crippen LogP) is 3.98. The van der Waals surface area contributed by atoms with Gasteiger partial charge in [0.25, 0.3) is 5.91 Å². The number of amides is 1. The van der Waals surface area contributed by atoms with Gasteiger partial charge in [-0.25, -0.2) is 0 Å². The van der Waals surface area contributed by atoms with Crippen molar-refractivity contribution in [3.63, 3.8) is 0 Å². The zero-order valence-electron chi connectivity index (χ0n) is 19.1. The van der Waals surface area contributed by atoms with Crippen molar-refractivity contribution >= 4 is 11.6 Å². The summed E-state index contributed by atoms with van der Waals surface area (Å²) in [4.78, 5) is 13.1. The molecule has 2 aromatic rings. The third-order valence-electron chi connectivity index (χ3n) is 7.06. The fourth-order valence-corrected chi connectivity index (χ4v) is 4.61. The summed E-state index contributed by atoms with van der Waals surface area (Å²) >= 11 is 0. The highest BCUT2D eigenvalue weighted by Gasteiger charge is 2.54. The van der Waals surface area contributed by atoms with Crippen LogP contribution in [-0.4, -0.2) is 40.7 Å². The van der Waals surface area contributed by atoms with Gasteiger partial charge in [0.2, 0.25) is 0 Å². The molecule has 2 N–H and O–H groups in total. The number of fused-ring (bicyclic) bond motifs is 1. The zero-order valence-corrected chi connectivity index (χ0v) is 19.1. The van der Waals surface area contributed by atoms with E-state index < -0.39 is 0 Å². The van der Waals surface area contributed by atoms with Crippen LogP contribution < -0.4 is 5.32 Å². The van der Waals surface area contributed by atoms with Crippen LogP contribution in [0.5, 0.6) is 0 Å². The van der Waals surface area contributed by atoms with Crippen molar-refractivity contribution < 1.29 is 9.53 Å². The van der Waals surface area contributed by atoms with Crippen LogP contribution in [0.15, 0.2) is 24.3 Å². The molecule has 1 saturated carbocycles. The predicted molar refractivity (Wildman–Crippen MR) is 122 cm³/mol. The number of ether oxygens (including phenoxy) is 1. The van der Waals surface area contributed by atoms with Crippen LogP contribution in [0.1, 0.15) is 66.5 Å². The minimum absolute atomic E-state index is 0.104. The maximum absolute atomic E-state index is 13.1. The summed E-state index contributed by atoms with van der Waals surface area (Å²) in [5.41, 5.74) is 5.29. The Bertz CT molecular complexity index is 970. The van der Waals surface area contributed by atoms with E-state index in [4.69, 9.17) is 10.1 Å². The number of nitrogens with one attached hydrogen (secondary N) is 2. The third kappa shape index (κ3) is 4.59. The number of aryl methyl sites for hydroxylation is 1. The van der Waals surface area contributed by atoms with Gasteiger partial charge in [0.1, 0.15) is 11.4 Å². The van der Waals surface area contributed by atoms with Gasteiger partial charge in [0.15, 0.2) is 0 Å². The molecule has 1 aromatic heterocycles. The largest absolute Gasteiger partial charge is 0.381 e. The van der Waals surface area contributed by atoms with Gasteiger partial charge in [-0.2, -0.15) is 5.10 Å². The molecule has 1 aromatic carbocycles. The molecule has 6 heteroatoms. The van der Waals surface area contributed by atoms with E-state index in [0.717, 1.165) is 26.1 Å². The smallest absolute Gasteiger partial charge is 0.269 e. The van der Waals surface area contributed by atoms with Gasteiger partial charge in [-0.15, -0.1) is 0 Å². The fourth-order valence-electron chi connectivity index (χ4n) is 4.61. The summed E-state index contributed by atoms with van der Waals surface area (Å²) in [6.45, 7) is 10.4. The summed E-state index contributed by atoms with van der Waals surface area (Å²) in [7, 11) is 0. The van der Waals surface area contributed by atoms with Crippen molar-refractivity contribution in [2.24, 2.45) is 17.8 Å². The molecule has 2 heterocycles. The number of carbonyl (C=O) groups is 1. The first-order chi connectivity index (χ1) is 14.9. The molecule has 31 heavy (non-hydrogen) atoms. The van der Waals surface area contributed by atoms with Crippen molar-refractivity contribution in [1.29, 1.82) is 5.41 Å². The van der Waals surface area contributed by atoms with Crippen molar-refractivity contribution in [1.82, 2.24) is 15.1 Å². The first kappa shape index (κ1) is 21.8. The highest BCUT2D eigenvalue weighted by Crippen LogP contribution is 2.44. The molecule has 6 nitrogen and oxygen atoms in total. The van der Waals surface area contributed by atoms with E-state index in [2.05, 4.69) is 49.4 Å². The van der Waals surface area contributed by atoms with E-state index in [0.29, 0.717) is 41.4 Å². The van der Waals surface area contributed by atoms with E-state index in [9.17, 15) is 4.79 Å². The lowest BCUT2D eigenvalue weighted by atomic mass is 9.93. The zero-order chi connectivity index (χ0) is 22.1. The SMILES string of the molecule is CCC(C)CCc1c(C)cccc1Cn1nc(C(C)=N)cc1C(=O)NC1C2COCC21. The molecule has 166 valence electrons. The van der Waals surface area contributed by atoms with Crippen molar-refractivity contribution in [3.05, 3.63) is 52.3 Å². The second-order valence-electron chi connectivity index (χ2n) is 9.33. The minimum Gasteiger partial charge on any atom is -0.381 e. The third-order valence-corrected chi connectivity index (χ3v) is 7.06. The van der Waals surface area contributed by atoms with Crippen LogP contribution in [0.2, 0.25) is 0 Å². The maximum Gasteiger partial charge on any atom is 0.269 e. The number of hydrogen-bond acceptors (Lipinski definition) is 4. The molecule has 2 fully saturated rings. The molecule has 1 aliphatic carbocycles. The Balaban J connectivity index is 1.57. The molecular weight excluding hydrogens is 388 g/mol. The highest BCUT2D eigenvalue weighted by atomic mass is 16.5. The van der Waals surface area contributed by atoms with Crippen LogP contribution in [0.4, 0.5) is 0 Å². The Hall–Kier alpha value is -2.47. The Kier molecular flexibility index (Phi) is 6.28. The quantitative estimate of drug-likeness (QED) is 0.600. The Labute approximate surface area is 184 Å². The topological polar surface area (TPSA) is 80.0 Å². The van der Waals surface area contributed by atoms with E-state index in [1.54, 1.807) is 17.7 Å². The van der Waals surface area contributed by atoms with E-state index in [-0.39, 0.29) is 11.9 Å². The van der Waals surface area contributed by atoms with Gasteiger partial charge in [-0.05, 0) is 55.4 Å². The number of benzene rings is 1. The van der Waals surface area contributed by atoms with Crippen molar-refractivity contribution in [2.75, 3.05) is 13.2 Å². The van der Waals surface area contributed by atoms with Crippen LogP contribution in [-0.2, 0) is 17.7 Å². The molecule has 3 atom stereocenters. The Morgan fingerprint density at radius 3 is 2.77 bits per heavy atom. The number of rotatable bonds is 9. The van der Waals surface area contributed by atoms with Gasteiger partial charge >= 0.3 is 0 Å². The van der Waals surface area contributed by atoms with Crippen molar-refractivity contribution in [3.8, 4) is 0 Å². The lowest BCUT2D eigenvalue weighted by molar-refractivity contribution is 0.0918. The molecule has 2 aliphatic rings. The molecule has 1 saturated heterocycles. The number of aromatic nitrogens is 2. The molecule has 0 bridgehead atoms. The average Bonchev–Trinajstić information content (AvgIpc) is 3.12. The summed E-state index contributed by atoms with van der Waals surface area (Å²) in [5.74, 6) is 1.49. The van der Waals surface area contributed by atoms with E-state index in [1.807, 2.05) is 0 Å². The Morgan fingerprint density at radius 2 is 2.10 bits per heavy atom. The lowest BCUT2D eigenvalue weighted by Gasteiger charge is -2.16. The Morgan fingerprint density at radius 1 is 1.35 bits per heavy atom. The summed E-state index contributed by atoms with van der Waals surface area (Å²) in [6.07, 6.45) is 3.36. The molecule has 0 spiro atoms. The lowest BCUT2D eigenvalue weighted by Crippen LogP contribution is -2.31. The second kappa shape index (κ2) is 8.95. The van der Waals surface area contributed by atoms with Crippen LogP contribution in [0, 0.1) is 30.1 Å². The molecule has 3 unspecified atom stereocenters. The second-order valence-corrected chi connectivity index (χ2v) is 9.33. The van der Waals surface area contributed by atoms with E-state index >= 15 is 0 Å². The fraction of sp³-hybridized carbons (Fsp3) is 0.560. The number of hydrogen-bond donors (Lipinski definition) is 2. The first-order valence-electron chi connectivity index (χ1n) is 11.5. The molecular formula is C25H34N4O2. The average molecular weight is 423 g/mol. The summed E-state index contributed by atoms with van der Waals surface area (Å²) in [5, 5.41) is 15.8. The van der Waals surface area contributed by atoms with Gasteiger partial charge < -0.3 is 15.5 Å². The van der Waals surface area contributed by atoms with E-state index in [1.165, 1.54) is 23.1 Å². The van der Waals surface area contributed by atoms with Crippen LogP contribution >= 0.6 is 0 Å². The molecule has 1 aliphatic heterocycles. The van der Waals surface area contributed by atoms with Gasteiger partial charge in [-0.3, -0.25) is 9.48 Å². The minimum atomic E-state index is -0.104. The normalized spacial score (nSPS) is 22.8. The highest BCUT2D eigenvalue weighted by molar-refractivity contribution is 5.99. The van der Waals surface area contributed by atoms with Gasteiger partial charge in [-0.1, -0.05) is 38.5 Å². The standard InChI is InChI=1S/C25H34N4O2/c1-5-15(2)9-10-19-16(3)7-6-8-18(19)12-29-23(11-22(28-29)17(4)26)25(30)27-24-20-13-31-14-21(20)24/h6-8,11,15,20-21,24,26H,5,9-10,12-14H2,1-4H3,(H,27,30). The van der Waals surface area contributed by atoms with Gasteiger partial charge in [0.05, 0.1) is 25.5 Å². The summed E-state index contributed by atoms with van der Waals surface area (Å²) < 4.78 is 7.21. The van der Waals surface area contributed by atoms with Crippen molar-refractivity contribution in [2.45, 2.75) is 59.5 Å². The monoisotopic (exact) mass is 422 g/mol.